The lowest BCUT2D eigenvalue weighted by Crippen LogP contribution is -2.49. The Morgan fingerprint density at radius 1 is 0.964 bits per heavy atom. The van der Waals surface area contributed by atoms with Crippen LogP contribution in [0.2, 0.25) is 0 Å². The monoisotopic (exact) mass is 386 g/mol. The van der Waals surface area contributed by atoms with Crippen molar-refractivity contribution < 1.29 is 19.3 Å². The third kappa shape index (κ3) is 5.61. The van der Waals surface area contributed by atoms with Gasteiger partial charge in [0.1, 0.15) is 11.5 Å². The van der Waals surface area contributed by atoms with E-state index in [1.807, 2.05) is 24.3 Å². The number of hydrogen-bond acceptors (Lipinski definition) is 6. The van der Waals surface area contributed by atoms with Crippen molar-refractivity contribution in [1.82, 2.24) is 4.90 Å². The maximum absolute atomic E-state index is 10.4. The molecule has 0 radical (unpaired) electrons. The zero-order valence-corrected chi connectivity index (χ0v) is 16.7. The predicted octanol–water partition coefficient (Wildman–Crippen LogP) is 2.40. The van der Waals surface area contributed by atoms with Gasteiger partial charge in [-0.3, -0.25) is 4.90 Å². The summed E-state index contributed by atoms with van der Waals surface area (Å²) >= 11 is 0. The molecule has 1 aliphatic rings. The lowest BCUT2D eigenvalue weighted by molar-refractivity contribution is 0.00862. The molecule has 1 saturated heterocycles. The second kappa shape index (κ2) is 10.3. The van der Waals surface area contributed by atoms with Gasteiger partial charge in [0.2, 0.25) is 0 Å². The van der Waals surface area contributed by atoms with Gasteiger partial charge in [0.05, 0.1) is 33.5 Å². The van der Waals surface area contributed by atoms with E-state index in [1.54, 1.807) is 14.2 Å². The highest BCUT2D eigenvalue weighted by Gasteiger charge is 2.19. The molecule has 1 N–H and O–H groups in total. The second-order valence-corrected chi connectivity index (χ2v) is 6.97. The van der Waals surface area contributed by atoms with Crippen molar-refractivity contribution in [3.8, 4) is 11.5 Å². The Labute approximate surface area is 167 Å². The van der Waals surface area contributed by atoms with Crippen molar-refractivity contribution in [3.05, 3.63) is 54.1 Å². The molecule has 0 aliphatic carbocycles. The summed E-state index contributed by atoms with van der Waals surface area (Å²) in [6, 6.07) is 16.1. The third-order valence-corrected chi connectivity index (χ3v) is 5.02. The van der Waals surface area contributed by atoms with Gasteiger partial charge in [0.15, 0.2) is 0 Å². The van der Waals surface area contributed by atoms with Crippen molar-refractivity contribution >= 4 is 5.69 Å². The first-order valence-electron chi connectivity index (χ1n) is 9.68. The van der Waals surface area contributed by atoms with E-state index in [4.69, 9.17) is 14.2 Å². The molecule has 0 amide bonds. The molecule has 6 nitrogen and oxygen atoms in total. The summed E-state index contributed by atoms with van der Waals surface area (Å²) in [5.74, 6) is 1.52. The molecule has 152 valence electrons. The molecule has 1 atom stereocenters. The average Bonchev–Trinajstić information content (AvgIpc) is 2.74. The van der Waals surface area contributed by atoms with Gasteiger partial charge in [0, 0.05) is 44.0 Å². The van der Waals surface area contributed by atoms with E-state index < -0.39 is 6.10 Å². The molecule has 0 saturated carbocycles. The SMILES string of the molecule is COc1ccc(OC)c(COC[C@@H](O)CN2CCN(c3ccccc3)CC2)c1. The fraction of sp³-hybridized carbons (Fsp3) is 0.455. The summed E-state index contributed by atoms with van der Waals surface area (Å²) in [6.07, 6.45) is -0.514. The molecule has 3 rings (SSSR count). The predicted molar refractivity (Wildman–Crippen MR) is 110 cm³/mol. The van der Waals surface area contributed by atoms with Crippen LogP contribution in [0.1, 0.15) is 5.56 Å². The van der Waals surface area contributed by atoms with Crippen LogP contribution in [0.15, 0.2) is 48.5 Å². The van der Waals surface area contributed by atoms with Gasteiger partial charge in [-0.05, 0) is 30.3 Å². The zero-order chi connectivity index (χ0) is 19.8. The summed E-state index contributed by atoms with van der Waals surface area (Å²) < 4.78 is 16.3. The van der Waals surface area contributed by atoms with E-state index in [9.17, 15) is 5.11 Å². The molecule has 1 fully saturated rings. The highest BCUT2D eigenvalue weighted by molar-refractivity contribution is 5.46. The largest absolute Gasteiger partial charge is 0.497 e. The van der Waals surface area contributed by atoms with Crippen molar-refractivity contribution in [2.75, 3.05) is 58.5 Å². The zero-order valence-electron chi connectivity index (χ0n) is 16.7. The summed E-state index contributed by atoms with van der Waals surface area (Å²) in [6.45, 7) is 5.11. The topological polar surface area (TPSA) is 54.4 Å². The van der Waals surface area contributed by atoms with Crippen LogP contribution >= 0.6 is 0 Å². The van der Waals surface area contributed by atoms with Gasteiger partial charge in [-0.2, -0.15) is 0 Å². The number of piperazine rings is 1. The number of aliphatic hydroxyl groups excluding tert-OH is 1. The summed E-state index contributed by atoms with van der Waals surface area (Å²) in [4.78, 5) is 4.67. The van der Waals surface area contributed by atoms with E-state index in [1.165, 1.54) is 5.69 Å². The van der Waals surface area contributed by atoms with Crippen LogP contribution in [-0.2, 0) is 11.3 Å². The molecular weight excluding hydrogens is 356 g/mol. The number of anilines is 1. The first-order chi connectivity index (χ1) is 13.7. The van der Waals surface area contributed by atoms with Crippen LogP contribution in [0.3, 0.4) is 0 Å². The van der Waals surface area contributed by atoms with Gasteiger partial charge in [-0.15, -0.1) is 0 Å². The second-order valence-electron chi connectivity index (χ2n) is 6.97. The van der Waals surface area contributed by atoms with Gasteiger partial charge < -0.3 is 24.2 Å². The van der Waals surface area contributed by atoms with Crippen LogP contribution in [0.4, 0.5) is 5.69 Å². The van der Waals surface area contributed by atoms with Crippen molar-refractivity contribution in [3.63, 3.8) is 0 Å². The van der Waals surface area contributed by atoms with Gasteiger partial charge in [-0.25, -0.2) is 0 Å². The Morgan fingerprint density at radius 2 is 1.71 bits per heavy atom. The van der Waals surface area contributed by atoms with Gasteiger partial charge in [0.25, 0.3) is 0 Å². The highest BCUT2D eigenvalue weighted by Crippen LogP contribution is 2.24. The number of hydrogen-bond donors (Lipinski definition) is 1. The van der Waals surface area contributed by atoms with Gasteiger partial charge >= 0.3 is 0 Å². The summed E-state index contributed by atoms with van der Waals surface area (Å²) in [5, 5.41) is 10.4. The van der Waals surface area contributed by atoms with Crippen LogP contribution in [0.5, 0.6) is 11.5 Å². The molecule has 6 heteroatoms. The normalized spacial score (nSPS) is 16.0. The number of nitrogens with zero attached hydrogens (tertiary/aromatic N) is 2. The quantitative estimate of drug-likeness (QED) is 0.714. The number of ether oxygens (including phenoxy) is 3. The number of rotatable bonds is 9. The number of β-amino-alcohol motifs (C(OH)–C–C–N with tert-alkyl or cyclic N) is 1. The van der Waals surface area contributed by atoms with Gasteiger partial charge in [-0.1, -0.05) is 18.2 Å². The maximum Gasteiger partial charge on any atom is 0.124 e. The van der Waals surface area contributed by atoms with Crippen molar-refractivity contribution in [1.29, 1.82) is 0 Å². The molecule has 1 heterocycles. The molecule has 0 bridgehead atoms. The maximum atomic E-state index is 10.4. The first-order valence-corrected chi connectivity index (χ1v) is 9.68. The number of aliphatic hydroxyl groups is 1. The molecule has 2 aromatic carbocycles. The minimum atomic E-state index is -0.514. The number of benzene rings is 2. The van der Waals surface area contributed by atoms with Crippen molar-refractivity contribution in [2.45, 2.75) is 12.7 Å². The molecule has 0 aromatic heterocycles. The molecule has 0 unspecified atom stereocenters. The van der Waals surface area contributed by atoms with E-state index in [2.05, 4.69) is 34.1 Å². The fourth-order valence-electron chi connectivity index (χ4n) is 3.48. The Kier molecular flexibility index (Phi) is 7.54. The Morgan fingerprint density at radius 3 is 2.39 bits per heavy atom. The smallest absolute Gasteiger partial charge is 0.124 e. The van der Waals surface area contributed by atoms with E-state index in [0.717, 1.165) is 43.2 Å². The summed E-state index contributed by atoms with van der Waals surface area (Å²) in [5.41, 5.74) is 2.17. The van der Waals surface area contributed by atoms with Crippen LogP contribution in [0.25, 0.3) is 0 Å². The molecule has 2 aromatic rings. The minimum absolute atomic E-state index is 0.291. The van der Waals surface area contributed by atoms with Crippen LogP contribution in [-0.4, -0.2) is 69.7 Å². The van der Waals surface area contributed by atoms with Crippen LogP contribution < -0.4 is 14.4 Å². The molecule has 28 heavy (non-hydrogen) atoms. The minimum Gasteiger partial charge on any atom is -0.497 e. The molecular formula is C22H30N2O4. The average molecular weight is 386 g/mol. The number of methoxy groups -OCH3 is 2. The summed E-state index contributed by atoms with van der Waals surface area (Å²) in [7, 11) is 3.27. The lowest BCUT2D eigenvalue weighted by Gasteiger charge is -2.36. The Hall–Kier alpha value is -2.28. The molecule has 1 aliphatic heterocycles. The number of para-hydroxylation sites is 1. The van der Waals surface area contributed by atoms with E-state index in [0.29, 0.717) is 19.8 Å². The molecule has 0 spiro atoms. The standard InChI is InChI=1S/C22H30N2O4/c1-26-21-8-9-22(27-2)18(14-21)16-28-17-20(25)15-23-10-12-24(13-11-23)19-6-4-3-5-7-19/h3-9,14,20,25H,10-13,15-17H2,1-2H3/t20-/m0/s1. The first kappa shape index (κ1) is 20.5. The Bertz CT molecular complexity index is 718. The van der Waals surface area contributed by atoms with E-state index in [-0.39, 0.29) is 0 Å². The Balaban J connectivity index is 1.40. The third-order valence-electron chi connectivity index (χ3n) is 5.02. The van der Waals surface area contributed by atoms with Crippen molar-refractivity contribution in [2.24, 2.45) is 0 Å². The van der Waals surface area contributed by atoms with Crippen LogP contribution in [0, 0.1) is 0 Å². The highest BCUT2D eigenvalue weighted by atomic mass is 16.5. The fourth-order valence-corrected chi connectivity index (χ4v) is 3.48. The lowest BCUT2D eigenvalue weighted by atomic mass is 10.2. The van der Waals surface area contributed by atoms with E-state index >= 15 is 0 Å².